The van der Waals surface area contributed by atoms with Gasteiger partial charge in [0.25, 0.3) is 0 Å². The topological polar surface area (TPSA) is 66.4 Å². The van der Waals surface area contributed by atoms with Crippen molar-refractivity contribution >= 4 is 29.2 Å². The van der Waals surface area contributed by atoms with Gasteiger partial charge in [0.15, 0.2) is 0 Å². The molecule has 0 fully saturated rings. The second-order valence-corrected chi connectivity index (χ2v) is 3.71. The third-order valence-electron chi connectivity index (χ3n) is 1.86. The maximum Gasteiger partial charge on any atom is 0.397 e. The summed E-state index contributed by atoms with van der Waals surface area (Å²) < 4.78 is 35.8. The molecule has 1 amide bonds. The van der Waals surface area contributed by atoms with Crippen LogP contribution in [0.15, 0.2) is 18.2 Å². The van der Waals surface area contributed by atoms with Crippen LogP contribution in [0, 0.1) is 0 Å². The highest BCUT2D eigenvalue weighted by atomic mass is 35.5. The van der Waals surface area contributed by atoms with Crippen LogP contribution in [0.25, 0.3) is 0 Å². The molecule has 0 radical (unpaired) electrons. The SMILES string of the molecule is O=C(CC(F)(F)F)Nc1cccc(Cl)c1C(=O)O. The first-order chi connectivity index (χ1) is 8.20. The first-order valence-corrected chi connectivity index (χ1v) is 4.97. The van der Waals surface area contributed by atoms with Crippen molar-refractivity contribution in [2.24, 2.45) is 0 Å². The molecule has 8 heteroatoms. The molecule has 0 bridgehead atoms. The number of hydrogen-bond acceptors (Lipinski definition) is 2. The molecule has 18 heavy (non-hydrogen) atoms. The number of anilines is 1. The van der Waals surface area contributed by atoms with Gasteiger partial charge < -0.3 is 10.4 Å². The summed E-state index contributed by atoms with van der Waals surface area (Å²) in [6.45, 7) is 0. The summed E-state index contributed by atoms with van der Waals surface area (Å²) >= 11 is 5.59. The van der Waals surface area contributed by atoms with Crippen molar-refractivity contribution in [2.75, 3.05) is 5.32 Å². The third kappa shape index (κ3) is 3.92. The fourth-order valence-corrected chi connectivity index (χ4v) is 1.48. The number of aromatic carboxylic acids is 1. The molecule has 0 aliphatic rings. The Balaban J connectivity index is 2.95. The Labute approximate surface area is 104 Å². The molecule has 0 aromatic heterocycles. The van der Waals surface area contributed by atoms with Crippen molar-refractivity contribution in [2.45, 2.75) is 12.6 Å². The highest BCUT2D eigenvalue weighted by Crippen LogP contribution is 2.26. The number of carboxylic acids is 1. The highest BCUT2D eigenvalue weighted by molar-refractivity contribution is 6.34. The lowest BCUT2D eigenvalue weighted by Gasteiger charge is -2.10. The Bertz CT molecular complexity index is 488. The van der Waals surface area contributed by atoms with E-state index in [2.05, 4.69) is 0 Å². The molecule has 2 N–H and O–H groups in total. The number of carbonyl (C=O) groups excluding carboxylic acids is 1. The zero-order valence-electron chi connectivity index (χ0n) is 8.71. The van der Waals surface area contributed by atoms with Gasteiger partial charge in [0.1, 0.15) is 12.0 Å². The molecule has 0 atom stereocenters. The first kappa shape index (κ1) is 14.3. The fraction of sp³-hybridized carbons (Fsp3) is 0.200. The fourth-order valence-electron chi connectivity index (χ4n) is 1.22. The van der Waals surface area contributed by atoms with E-state index >= 15 is 0 Å². The average Bonchev–Trinajstić information content (AvgIpc) is 2.13. The monoisotopic (exact) mass is 281 g/mol. The molecule has 0 saturated heterocycles. The molecule has 0 unspecified atom stereocenters. The molecule has 0 aliphatic heterocycles. The van der Waals surface area contributed by atoms with Crippen molar-refractivity contribution in [1.82, 2.24) is 0 Å². The van der Waals surface area contributed by atoms with Gasteiger partial charge in [-0.15, -0.1) is 0 Å². The molecule has 98 valence electrons. The van der Waals surface area contributed by atoms with E-state index in [0.29, 0.717) is 0 Å². The molecular weight excluding hydrogens is 275 g/mol. The number of carbonyl (C=O) groups is 2. The molecule has 4 nitrogen and oxygen atoms in total. The van der Waals surface area contributed by atoms with E-state index in [0.717, 1.165) is 6.07 Å². The van der Waals surface area contributed by atoms with Gasteiger partial charge in [-0.2, -0.15) is 13.2 Å². The normalized spacial score (nSPS) is 11.1. The molecule has 1 aromatic rings. The summed E-state index contributed by atoms with van der Waals surface area (Å²) in [4.78, 5) is 21.9. The van der Waals surface area contributed by atoms with E-state index < -0.39 is 30.0 Å². The molecule has 0 heterocycles. The van der Waals surface area contributed by atoms with E-state index in [4.69, 9.17) is 16.7 Å². The van der Waals surface area contributed by atoms with Gasteiger partial charge in [0.05, 0.1) is 10.7 Å². The van der Waals surface area contributed by atoms with Crippen LogP contribution in [-0.4, -0.2) is 23.2 Å². The number of benzene rings is 1. The molecule has 1 rings (SSSR count). The number of halogens is 4. The van der Waals surface area contributed by atoms with Gasteiger partial charge >= 0.3 is 12.1 Å². The van der Waals surface area contributed by atoms with Gasteiger partial charge in [0, 0.05) is 0 Å². The standard InChI is InChI=1S/C10H7ClF3NO3/c11-5-2-1-3-6(8(5)9(17)18)15-7(16)4-10(12,13)14/h1-3H,4H2,(H,15,16)(H,17,18). The Hall–Kier alpha value is -1.76. The Morgan fingerprint density at radius 3 is 2.44 bits per heavy atom. The highest BCUT2D eigenvalue weighted by Gasteiger charge is 2.31. The Morgan fingerprint density at radius 1 is 1.33 bits per heavy atom. The van der Waals surface area contributed by atoms with Crippen molar-refractivity contribution in [3.8, 4) is 0 Å². The van der Waals surface area contributed by atoms with Crippen LogP contribution < -0.4 is 5.32 Å². The van der Waals surface area contributed by atoms with Crippen LogP contribution in [0.1, 0.15) is 16.8 Å². The lowest BCUT2D eigenvalue weighted by Crippen LogP contribution is -2.22. The second kappa shape index (κ2) is 5.26. The predicted molar refractivity (Wildman–Crippen MR) is 57.7 cm³/mol. The van der Waals surface area contributed by atoms with E-state index in [-0.39, 0.29) is 10.7 Å². The molecule has 0 aliphatic carbocycles. The zero-order valence-corrected chi connectivity index (χ0v) is 9.47. The van der Waals surface area contributed by atoms with Crippen LogP contribution in [0.2, 0.25) is 5.02 Å². The van der Waals surface area contributed by atoms with E-state index in [1.807, 2.05) is 5.32 Å². The predicted octanol–water partition coefficient (Wildman–Crippen LogP) is 2.93. The van der Waals surface area contributed by atoms with Gasteiger partial charge in [-0.25, -0.2) is 4.79 Å². The number of carboxylic acid groups (broad SMARTS) is 1. The quantitative estimate of drug-likeness (QED) is 0.895. The summed E-state index contributed by atoms with van der Waals surface area (Å²) in [7, 11) is 0. The minimum Gasteiger partial charge on any atom is -0.478 e. The van der Waals surface area contributed by atoms with Crippen LogP contribution >= 0.6 is 11.6 Å². The lowest BCUT2D eigenvalue weighted by atomic mass is 10.1. The average molecular weight is 282 g/mol. The maximum atomic E-state index is 11.9. The van der Waals surface area contributed by atoms with E-state index in [1.165, 1.54) is 12.1 Å². The van der Waals surface area contributed by atoms with Gasteiger partial charge in [0.2, 0.25) is 5.91 Å². The van der Waals surface area contributed by atoms with Crippen molar-refractivity contribution in [3.63, 3.8) is 0 Å². The first-order valence-electron chi connectivity index (χ1n) is 4.59. The summed E-state index contributed by atoms with van der Waals surface area (Å²) in [6.07, 6.45) is -6.36. The van der Waals surface area contributed by atoms with Gasteiger partial charge in [-0.3, -0.25) is 4.79 Å². The number of nitrogens with one attached hydrogen (secondary N) is 1. The largest absolute Gasteiger partial charge is 0.478 e. The van der Waals surface area contributed by atoms with Crippen molar-refractivity contribution in [3.05, 3.63) is 28.8 Å². The van der Waals surface area contributed by atoms with Crippen molar-refractivity contribution in [1.29, 1.82) is 0 Å². The molecule has 1 aromatic carbocycles. The summed E-state index contributed by atoms with van der Waals surface area (Å²) in [5, 5.41) is 10.5. The van der Waals surface area contributed by atoms with Crippen LogP contribution in [0.5, 0.6) is 0 Å². The Kier molecular flexibility index (Phi) is 4.18. The lowest BCUT2D eigenvalue weighted by molar-refractivity contribution is -0.150. The van der Waals surface area contributed by atoms with Gasteiger partial charge in [-0.1, -0.05) is 17.7 Å². The van der Waals surface area contributed by atoms with E-state index in [9.17, 15) is 22.8 Å². The number of rotatable bonds is 3. The minimum absolute atomic E-state index is 0.174. The summed E-state index contributed by atoms with van der Waals surface area (Å²) in [5.41, 5.74) is -0.723. The summed E-state index contributed by atoms with van der Waals surface area (Å²) in [6, 6.07) is 3.73. The third-order valence-corrected chi connectivity index (χ3v) is 2.18. The van der Waals surface area contributed by atoms with Crippen LogP contribution in [0.3, 0.4) is 0 Å². The Morgan fingerprint density at radius 2 is 1.94 bits per heavy atom. The summed E-state index contributed by atoms with van der Waals surface area (Å²) in [5.74, 6) is -2.80. The smallest absolute Gasteiger partial charge is 0.397 e. The second-order valence-electron chi connectivity index (χ2n) is 3.31. The van der Waals surface area contributed by atoms with Crippen LogP contribution in [-0.2, 0) is 4.79 Å². The maximum absolute atomic E-state index is 11.9. The number of hydrogen-bond donors (Lipinski definition) is 2. The molecule has 0 saturated carbocycles. The molecule has 0 spiro atoms. The number of amides is 1. The number of alkyl halides is 3. The van der Waals surface area contributed by atoms with E-state index in [1.54, 1.807) is 0 Å². The molecular formula is C10H7ClF3NO3. The minimum atomic E-state index is -4.66. The van der Waals surface area contributed by atoms with Gasteiger partial charge in [-0.05, 0) is 12.1 Å². The van der Waals surface area contributed by atoms with Crippen LogP contribution in [0.4, 0.5) is 18.9 Å². The van der Waals surface area contributed by atoms with Crippen molar-refractivity contribution < 1.29 is 27.9 Å². The zero-order chi connectivity index (χ0) is 13.9.